The number of aliphatic hydroxyl groups is 2. The van der Waals surface area contributed by atoms with E-state index < -0.39 is 27.8 Å². The second kappa shape index (κ2) is 9.53. The van der Waals surface area contributed by atoms with Crippen LogP contribution in [-0.4, -0.2) is 47.5 Å². The summed E-state index contributed by atoms with van der Waals surface area (Å²) in [6.45, 7) is 3.54. The van der Waals surface area contributed by atoms with Crippen molar-refractivity contribution in [2.45, 2.75) is 57.3 Å². The van der Waals surface area contributed by atoms with Gasteiger partial charge in [0.1, 0.15) is 11.0 Å². The van der Waals surface area contributed by atoms with Crippen LogP contribution in [-0.2, 0) is 9.84 Å². The molecule has 150 valence electrons. The monoisotopic (exact) mass is 394 g/mol. The Labute approximate surface area is 162 Å². The first-order valence-electron chi connectivity index (χ1n) is 9.53. The predicted octanol–water partition coefficient (Wildman–Crippen LogP) is 3.21. The second-order valence-electron chi connectivity index (χ2n) is 7.09. The quantitative estimate of drug-likeness (QED) is 0.559. The normalized spacial score (nSPS) is 20.9. The zero-order valence-electron chi connectivity index (χ0n) is 16.1. The Kier molecular flexibility index (Phi) is 7.65. The van der Waals surface area contributed by atoms with E-state index in [-0.39, 0.29) is 11.5 Å². The van der Waals surface area contributed by atoms with Crippen molar-refractivity contribution in [3.8, 4) is 5.75 Å². The Bertz CT molecular complexity index is 790. The zero-order chi connectivity index (χ0) is 20.0. The first kappa shape index (κ1) is 21.7. The fourth-order valence-electron chi connectivity index (χ4n) is 3.66. The van der Waals surface area contributed by atoms with E-state index in [0.29, 0.717) is 24.8 Å². The van der Waals surface area contributed by atoms with Gasteiger partial charge in [0.2, 0.25) is 0 Å². The van der Waals surface area contributed by atoms with Crippen LogP contribution in [0.4, 0.5) is 0 Å². The van der Waals surface area contributed by atoms with Gasteiger partial charge >= 0.3 is 0 Å². The van der Waals surface area contributed by atoms with Crippen molar-refractivity contribution < 1.29 is 23.7 Å². The van der Waals surface area contributed by atoms with Crippen molar-refractivity contribution in [2.24, 2.45) is 0 Å². The molecule has 1 aliphatic heterocycles. The number of sulfone groups is 1. The first-order valence-corrected chi connectivity index (χ1v) is 11.2. The first-order chi connectivity index (χ1) is 12.8. The number of aliphatic hydroxyl groups excluding tert-OH is 2. The molecule has 27 heavy (non-hydrogen) atoms. The Balaban J connectivity index is 2.15. The molecule has 0 unspecified atom stereocenters. The summed E-state index contributed by atoms with van der Waals surface area (Å²) < 4.78 is 24.6. The van der Waals surface area contributed by atoms with Gasteiger partial charge in [-0.05, 0) is 49.0 Å². The highest BCUT2D eigenvalue weighted by molar-refractivity contribution is 7.92. The summed E-state index contributed by atoms with van der Waals surface area (Å²) in [5.41, 5.74) is 3.39. The van der Waals surface area contributed by atoms with Crippen LogP contribution >= 0.6 is 0 Å². The fourth-order valence-corrected chi connectivity index (χ4v) is 5.60. The molecule has 0 bridgehead atoms. The number of hydrogen-bond donors (Lipinski definition) is 3. The summed E-state index contributed by atoms with van der Waals surface area (Å²) in [6.07, 6.45) is 4.48. The Morgan fingerprint density at radius 2 is 1.93 bits per heavy atom. The van der Waals surface area contributed by atoms with Gasteiger partial charge in [0.15, 0.2) is 9.84 Å². The zero-order valence-corrected chi connectivity index (χ0v) is 16.9. The van der Waals surface area contributed by atoms with E-state index in [1.165, 1.54) is 0 Å². The van der Waals surface area contributed by atoms with Crippen LogP contribution in [0.25, 0.3) is 6.08 Å². The molecule has 1 aliphatic rings. The standard InChI is InChI=1S/C21H30O5S/c1-3-5-17-14-27(25,26)20(13-22)21(17)19(24)11-8-15(4-2)12-16-6-9-18(23)10-7-16/h6-7,9-10,12,19-20,22-24H,3-5,8,11,13-14H2,1-2H3/b15-12+/t19-,20+/m1/s1. The summed E-state index contributed by atoms with van der Waals surface area (Å²) >= 11 is 0. The van der Waals surface area contributed by atoms with Crippen LogP contribution in [0.1, 0.15) is 51.5 Å². The molecule has 0 saturated carbocycles. The third-order valence-electron chi connectivity index (χ3n) is 5.10. The van der Waals surface area contributed by atoms with E-state index in [1.54, 1.807) is 12.1 Å². The average molecular weight is 395 g/mol. The Morgan fingerprint density at radius 1 is 1.26 bits per heavy atom. The number of aromatic hydroxyl groups is 1. The Morgan fingerprint density at radius 3 is 2.48 bits per heavy atom. The van der Waals surface area contributed by atoms with Crippen molar-refractivity contribution in [3.05, 3.63) is 46.5 Å². The van der Waals surface area contributed by atoms with Gasteiger partial charge in [0.25, 0.3) is 0 Å². The molecule has 6 heteroatoms. The van der Waals surface area contributed by atoms with Gasteiger partial charge in [-0.1, -0.05) is 49.6 Å². The molecule has 1 aromatic carbocycles. The number of hydrogen-bond acceptors (Lipinski definition) is 5. The van der Waals surface area contributed by atoms with Crippen molar-refractivity contribution in [3.63, 3.8) is 0 Å². The van der Waals surface area contributed by atoms with Crippen molar-refractivity contribution in [1.29, 1.82) is 0 Å². The van der Waals surface area contributed by atoms with E-state index in [1.807, 2.05) is 32.1 Å². The minimum atomic E-state index is -3.42. The van der Waals surface area contributed by atoms with Gasteiger partial charge in [-0.15, -0.1) is 0 Å². The number of phenols is 1. The average Bonchev–Trinajstić information content (AvgIpc) is 2.89. The summed E-state index contributed by atoms with van der Waals surface area (Å²) in [6, 6.07) is 6.92. The summed E-state index contributed by atoms with van der Waals surface area (Å²) in [5.74, 6) is 0.163. The van der Waals surface area contributed by atoms with E-state index in [9.17, 15) is 23.7 Å². The van der Waals surface area contributed by atoms with Gasteiger partial charge in [-0.25, -0.2) is 8.42 Å². The van der Waals surface area contributed by atoms with Crippen molar-refractivity contribution in [1.82, 2.24) is 0 Å². The molecule has 0 spiro atoms. The van der Waals surface area contributed by atoms with Gasteiger partial charge in [-0.3, -0.25) is 0 Å². The lowest BCUT2D eigenvalue weighted by Gasteiger charge is -2.19. The van der Waals surface area contributed by atoms with E-state index >= 15 is 0 Å². The van der Waals surface area contributed by atoms with Crippen LogP contribution in [0.15, 0.2) is 41.0 Å². The minimum absolute atomic E-state index is 0.0531. The maximum Gasteiger partial charge on any atom is 0.163 e. The molecule has 0 fully saturated rings. The Hall–Kier alpha value is -1.63. The van der Waals surface area contributed by atoms with Crippen LogP contribution in [0.5, 0.6) is 5.75 Å². The molecular formula is C21H30O5S. The smallest absolute Gasteiger partial charge is 0.163 e. The molecule has 1 heterocycles. The molecular weight excluding hydrogens is 364 g/mol. The molecule has 0 aliphatic carbocycles. The number of benzene rings is 1. The highest BCUT2D eigenvalue weighted by Gasteiger charge is 2.40. The maximum absolute atomic E-state index is 12.3. The summed E-state index contributed by atoms with van der Waals surface area (Å²) in [7, 11) is -3.42. The molecule has 2 rings (SSSR count). The van der Waals surface area contributed by atoms with Crippen LogP contribution in [0.2, 0.25) is 0 Å². The summed E-state index contributed by atoms with van der Waals surface area (Å²) in [5, 5.41) is 28.7. The number of phenolic OH excluding ortho intramolecular Hbond substituents is 1. The second-order valence-corrected chi connectivity index (χ2v) is 9.27. The maximum atomic E-state index is 12.3. The van der Waals surface area contributed by atoms with Crippen LogP contribution < -0.4 is 0 Å². The molecule has 0 aromatic heterocycles. The third kappa shape index (κ3) is 5.43. The van der Waals surface area contributed by atoms with Gasteiger partial charge < -0.3 is 15.3 Å². The number of allylic oxidation sites excluding steroid dienone is 1. The lowest BCUT2D eigenvalue weighted by molar-refractivity contribution is 0.188. The minimum Gasteiger partial charge on any atom is -0.508 e. The van der Waals surface area contributed by atoms with Gasteiger partial charge in [0.05, 0.1) is 18.5 Å². The summed E-state index contributed by atoms with van der Waals surface area (Å²) in [4.78, 5) is 0. The lowest BCUT2D eigenvalue weighted by atomic mass is 9.93. The SMILES string of the molecule is CCCC1=C([C@H](O)CC/C(=C/c2ccc(O)cc2)CC)[C@H](CO)S(=O)(=O)C1. The largest absolute Gasteiger partial charge is 0.508 e. The van der Waals surface area contributed by atoms with Gasteiger partial charge in [0, 0.05) is 0 Å². The van der Waals surface area contributed by atoms with Crippen LogP contribution in [0.3, 0.4) is 0 Å². The molecule has 5 nitrogen and oxygen atoms in total. The number of rotatable bonds is 9. The highest BCUT2D eigenvalue weighted by atomic mass is 32.2. The van der Waals surface area contributed by atoms with E-state index in [4.69, 9.17) is 0 Å². The van der Waals surface area contributed by atoms with Gasteiger partial charge in [-0.2, -0.15) is 0 Å². The van der Waals surface area contributed by atoms with E-state index in [2.05, 4.69) is 0 Å². The van der Waals surface area contributed by atoms with Crippen molar-refractivity contribution >= 4 is 15.9 Å². The predicted molar refractivity (Wildman–Crippen MR) is 108 cm³/mol. The van der Waals surface area contributed by atoms with Crippen molar-refractivity contribution in [2.75, 3.05) is 12.4 Å². The van der Waals surface area contributed by atoms with Crippen LogP contribution in [0, 0.1) is 0 Å². The third-order valence-corrected chi connectivity index (χ3v) is 7.12. The topological polar surface area (TPSA) is 94.8 Å². The van der Waals surface area contributed by atoms with E-state index in [0.717, 1.165) is 29.6 Å². The molecule has 2 atom stereocenters. The molecule has 1 aromatic rings. The fraction of sp³-hybridized carbons (Fsp3) is 0.524. The molecule has 3 N–H and O–H groups in total. The molecule has 0 saturated heterocycles. The molecule has 0 amide bonds. The molecule has 0 radical (unpaired) electrons. The highest BCUT2D eigenvalue weighted by Crippen LogP contribution is 2.34. The lowest BCUT2D eigenvalue weighted by Crippen LogP contribution is -2.29.